The standard InChI is InChI=1S/C11H7Br2F3N2O/c12-8-5-18(17-10(19)9(8)13)7-3-1-2-6(4-7)11(14,15)16/h1-5,9H,(H,17,19). The van der Waals surface area contributed by atoms with E-state index in [4.69, 9.17) is 0 Å². The van der Waals surface area contributed by atoms with Gasteiger partial charge in [-0.3, -0.25) is 15.2 Å². The molecule has 1 aromatic rings. The van der Waals surface area contributed by atoms with Crippen LogP contribution < -0.4 is 10.4 Å². The number of hydrogen-bond acceptors (Lipinski definition) is 2. The fraction of sp³-hybridized carbons (Fsp3) is 0.182. The lowest BCUT2D eigenvalue weighted by atomic mass is 10.2. The third-order valence-corrected chi connectivity index (χ3v) is 4.59. The Morgan fingerprint density at radius 2 is 2.00 bits per heavy atom. The van der Waals surface area contributed by atoms with Crippen LogP contribution in [-0.2, 0) is 11.0 Å². The van der Waals surface area contributed by atoms with Crippen molar-refractivity contribution in [2.75, 3.05) is 5.01 Å². The first-order valence-corrected chi connectivity index (χ1v) is 6.78. The number of nitrogens with zero attached hydrogens (tertiary/aromatic N) is 1. The highest BCUT2D eigenvalue weighted by molar-refractivity contribution is 9.14. The summed E-state index contributed by atoms with van der Waals surface area (Å²) >= 11 is 6.31. The number of rotatable bonds is 1. The van der Waals surface area contributed by atoms with Crippen LogP contribution in [0.5, 0.6) is 0 Å². The van der Waals surface area contributed by atoms with Gasteiger partial charge in [-0.2, -0.15) is 13.2 Å². The van der Waals surface area contributed by atoms with E-state index in [9.17, 15) is 18.0 Å². The number of hydrazine groups is 1. The molecule has 0 fully saturated rings. The van der Waals surface area contributed by atoms with E-state index in [1.807, 2.05) is 0 Å². The van der Waals surface area contributed by atoms with Gasteiger partial charge in [-0.15, -0.1) is 0 Å². The van der Waals surface area contributed by atoms with Gasteiger partial charge in [-0.1, -0.05) is 37.9 Å². The quantitative estimate of drug-likeness (QED) is 0.732. The lowest BCUT2D eigenvalue weighted by molar-refractivity contribution is -0.137. The number of carbonyl (C=O) groups is 1. The molecule has 1 aromatic carbocycles. The molecule has 0 aromatic heterocycles. The van der Waals surface area contributed by atoms with Crippen LogP contribution >= 0.6 is 31.9 Å². The molecule has 3 nitrogen and oxygen atoms in total. The van der Waals surface area contributed by atoms with Gasteiger partial charge in [-0.25, -0.2) is 0 Å². The van der Waals surface area contributed by atoms with Crippen LogP contribution in [0.1, 0.15) is 5.56 Å². The van der Waals surface area contributed by atoms with Crippen molar-refractivity contribution in [3.05, 3.63) is 40.5 Å². The molecule has 19 heavy (non-hydrogen) atoms. The minimum Gasteiger partial charge on any atom is -0.272 e. The van der Waals surface area contributed by atoms with Gasteiger partial charge in [0.15, 0.2) is 0 Å². The van der Waals surface area contributed by atoms with Gasteiger partial charge in [0, 0.05) is 10.7 Å². The Kier molecular flexibility index (Phi) is 3.91. The molecule has 1 unspecified atom stereocenters. The van der Waals surface area contributed by atoms with E-state index in [1.54, 1.807) is 0 Å². The number of halogens is 5. The first kappa shape index (κ1) is 14.4. The van der Waals surface area contributed by atoms with Gasteiger partial charge < -0.3 is 0 Å². The Morgan fingerprint density at radius 3 is 2.58 bits per heavy atom. The zero-order chi connectivity index (χ0) is 14.2. The molecule has 1 N–H and O–H groups in total. The SMILES string of the molecule is O=C1NN(c2cccc(C(F)(F)F)c2)C=C(Br)C1Br. The predicted molar refractivity (Wildman–Crippen MR) is 71.8 cm³/mol. The van der Waals surface area contributed by atoms with Crippen molar-refractivity contribution in [2.24, 2.45) is 0 Å². The molecule has 1 amide bonds. The number of nitrogens with one attached hydrogen (secondary N) is 1. The van der Waals surface area contributed by atoms with Crippen molar-refractivity contribution >= 4 is 43.5 Å². The second-order valence-electron chi connectivity index (χ2n) is 3.77. The summed E-state index contributed by atoms with van der Waals surface area (Å²) in [5.41, 5.74) is 1.91. The van der Waals surface area contributed by atoms with E-state index >= 15 is 0 Å². The molecule has 8 heteroatoms. The maximum atomic E-state index is 12.6. The normalized spacial score (nSPS) is 20.1. The van der Waals surface area contributed by atoms with Gasteiger partial charge in [-0.05, 0) is 18.2 Å². The zero-order valence-corrected chi connectivity index (χ0v) is 12.4. The Bertz CT molecular complexity index is 545. The zero-order valence-electron chi connectivity index (χ0n) is 9.21. The molecule has 1 aliphatic rings. The van der Waals surface area contributed by atoms with Crippen molar-refractivity contribution in [1.29, 1.82) is 0 Å². The summed E-state index contributed by atoms with van der Waals surface area (Å²) in [6.45, 7) is 0. The lowest BCUT2D eigenvalue weighted by Crippen LogP contribution is -2.46. The van der Waals surface area contributed by atoms with Crippen molar-refractivity contribution in [3.63, 3.8) is 0 Å². The van der Waals surface area contributed by atoms with Crippen LogP contribution in [0.25, 0.3) is 0 Å². The number of benzene rings is 1. The molecule has 0 saturated carbocycles. The molecule has 0 saturated heterocycles. The van der Waals surface area contributed by atoms with Gasteiger partial charge in [0.05, 0.1) is 11.3 Å². The fourth-order valence-electron chi connectivity index (χ4n) is 1.49. The van der Waals surface area contributed by atoms with Gasteiger partial charge >= 0.3 is 6.18 Å². The summed E-state index contributed by atoms with van der Waals surface area (Å²) in [5, 5.41) is 1.24. The smallest absolute Gasteiger partial charge is 0.272 e. The maximum absolute atomic E-state index is 12.6. The third kappa shape index (κ3) is 3.11. The average Bonchev–Trinajstić information content (AvgIpc) is 2.34. The second-order valence-corrected chi connectivity index (χ2v) is 5.60. The molecule has 1 aliphatic heterocycles. The predicted octanol–water partition coefficient (Wildman–Crippen LogP) is 3.56. The Hall–Kier alpha value is -1.02. The summed E-state index contributed by atoms with van der Waals surface area (Å²) < 4.78 is 38.4. The van der Waals surface area contributed by atoms with Crippen molar-refractivity contribution in [1.82, 2.24) is 5.43 Å². The molecule has 0 bridgehead atoms. The summed E-state index contributed by atoms with van der Waals surface area (Å²) in [6.07, 6.45) is -2.93. The number of hydrogen-bond donors (Lipinski definition) is 1. The Balaban J connectivity index is 2.36. The minimum atomic E-state index is -4.42. The van der Waals surface area contributed by atoms with Gasteiger partial charge in [0.2, 0.25) is 0 Å². The lowest BCUT2D eigenvalue weighted by Gasteiger charge is -2.28. The third-order valence-electron chi connectivity index (χ3n) is 2.41. The first-order valence-electron chi connectivity index (χ1n) is 5.07. The van der Waals surface area contributed by atoms with E-state index in [0.29, 0.717) is 4.48 Å². The van der Waals surface area contributed by atoms with Crippen molar-refractivity contribution in [2.45, 2.75) is 11.0 Å². The highest BCUT2D eigenvalue weighted by Gasteiger charge is 2.31. The van der Waals surface area contributed by atoms with E-state index in [2.05, 4.69) is 37.3 Å². The van der Waals surface area contributed by atoms with Crippen LogP contribution in [0.4, 0.5) is 18.9 Å². The Morgan fingerprint density at radius 1 is 1.32 bits per heavy atom. The molecule has 1 heterocycles. The Labute approximate surface area is 123 Å². The maximum Gasteiger partial charge on any atom is 0.416 e. The van der Waals surface area contributed by atoms with E-state index in [0.717, 1.165) is 12.1 Å². The highest BCUT2D eigenvalue weighted by atomic mass is 79.9. The average molecular weight is 400 g/mol. The van der Waals surface area contributed by atoms with Gasteiger partial charge in [0.25, 0.3) is 5.91 Å². The minimum absolute atomic E-state index is 0.222. The number of anilines is 1. The molecule has 102 valence electrons. The topological polar surface area (TPSA) is 32.3 Å². The van der Waals surface area contributed by atoms with E-state index in [1.165, 1.54) is 23.3 Å². The van der Waals surface area contributed by atoms with Crippen LogP contribution in [0.2, 0.25) is 0 Å². The number of carbonyl (C=O) groups excluding carboxylic acids is 1. The van der Waals surface area contributed by atoms with Crippen LogP contribution in [0, 0.1) is 0 Å². The summed E-state index contributed by atoms with van der Waals surface area (Å²) in [4.78, 5) is 11.0. The second kappa shape index (κ2) is 5.16. The molecule has 0 radical (unpaired) electrons. The van der Waals surface area contributed by atoms with Crippen molar-refractivity contribution in [3.8, 4) is 0 Å². The summed E-state index contributed by atoms with van der Waals surface area (Å²) in [5.74, 6) is -0.369. The van der Waals surface area contributed by atoms with Gasteiger partial charge in [0.1, 0.15) is 4.83 Å². The fourth-order valence-corrected chi connectivity index (χ4v) is 2.13. The summed E-state index contributed by atoms with van der Waals surface area (Å²) in [6, 6.07) is 4.69. The number of amides is 1. The van der Waals surface area contributed by atoms with Crippen LogP contribution in [-0.4, -0.2) is 10.7 Å². The summed E-state index contributed by atoms with van der Waals surface area (Å²) in [7, 11) is 0. The van der Waals surface area contributed by atoms with Crippen LogP contribution in [0.3, 0.4) is 0 Å². The van der Waals surface area contributed by atoms with E-state index in [-0.39, 0.29) is 11.6 Å². The molecular formula is C11H7Br2F3N2O. The molecular weight excluding hydrogens is 393 g/mol. The van der Waals surface area contributed by atoms with E-state index < -0.39 is 16.6 Å². The van der Waals surface area contributed by atoms with Crippen LogP contribution in [0.15, 0.2) is 34.9 Å². The number of alkyl halides is 4. The first-order chi connectivity index (χ1) is 8.79. The molecule has 2 rings (SSSR count). The van der Waals surface area contributed by atoms with Crippen molar-refractivity contribution < 1.29 is 18.0 Å². The molecule has 1 atom stereocenters. The molecule has 0 aliphatic carbocycles. The molecule has 0 spiro atoms. The largest absolute Gasteiger partial charge is 0.416 e. The monoisotopic (exact) mass is 398 g/mol. The highest BCUT2D eigenvalue weighted by Crippen LogP contribution is 2.32.